The monoisotopic (exact) mass is 541 g/mol. The van der Waals surface area contributed by atoms with Crippen LogP contribution in [0.3, 0.4) is 0 Å². The molecule has 7 nitrogen and oxygen atoms in total. The molecule has 38 heavy (non-hydrogen) atoms. The summed E-state index contributed by atoms with van der Waals surface area (Å²) in [6.45, 7) is 8.02. The van der Waals surface area contributed by atoms with E-state index in [0.29, 0.717) is 11.1 Å². The average molecular weight is 542 g/mol. The second-order valence-corrected chi connectivity index (χ2v) is 11.8. The Labute approximate surface area is 225 Å². The molecule has 1 N–H and O–H groups in total. The number of carbonyl (C=O) groups is 1. The number of ether oxygens (including phenoxy) is 1. The molecule has 0 heterocycles. The summed E-state index contributed by atoms with van der Waals surface area (Å²) in [5.41, 5.74) is 4.09. The van der Waals surface area contributed by atoms with Crippen molar-refractivity contribution in [2.45, 2.75) is 46.2 Å². The van der Waals surface area contributed by atoms with Crippen LogP contribution in [0, 0.1) is 12.7 Å². The van der Waals surface area contributed by atoms with Crippen LogP contribution < -0.4 is 14.4 Å². The minimum atomic E-state index is -3.97. The second kappa shape index (κ2) is 12.0. The molecule has 3 aromatic carbocycles. The van der Waals surface area contributed by atoms with Gasteiger partial charge in [-0.05, 0) is 78.4 Å². The van der Waals surface area contributed by atoms with Gasteiger partial charge in [0.2, 0.25) is 0 Å². The number of amides is 1. The first-order chi connectivity index (χ1) is 17.9. The lowest BCUT2D eigenvalue weighted by Crippen LogP contribution is -2.40. The molecule has 3 rings (SSSR count). The largest absolute Gasteiger partial charge is 0.496 e. The van der Waals surface area contributed by atoms with E-state index < -0.39 is 16.0 Å². The molecule has 0 saturated heterocycles. The Morgan fingerprint density at radius 1 is 1.00 bits per heavy atom. The maximum atomic E-state index is 14.5. The van der Waals surface area contributed by atoms with Crippen molar-refractivity contribution < 1.29 is 22.3 Å². The Morgan fingerprint density at radius 3 is 2.18 bits per heavy atom. The third kappa shape index (κ3) is 6.34. The van der Waals surface area contributed by atoms with Crippen molar-refractivity contribution in [3.63, 3.8) is 0 Å². The molecule has 0 fully saturated rings. The molecule has 0 unspecified atom stereocenters. The zero-order chi connectivity index (χ0) is 28.2. The highest BCUT2D eigenvalue weighted by molar-refractivity contribution is 7.90. The van der Waals surface area contributed by atoms with E-state index in [9.17, 15) is 17.6 Å². The first kappa shape index (κ1) is 29.1. The summed E-state index contributed by atoms with van der Waals surface area (Å²) >= 11 is 0. The number of hydrogen-bond donors (Lipinski definition) is 1. The molecule has 204 valence electrons. The summed E-state index contributed by atoms with van der Waals surface area (Å²) in [7, 11) is 0.478. The molecule has 0 bridgehead atoms. The van der Waals surface area contributed by atoms with Gasteiger partial charge in [0, 0.05) is 19.7 Å². The van der Waals surface area contributed by atoms with E-state index in [-0.39, 0.29) is 30.1 Å². The Bertz CT molecular complexity index is 1390. The van der Waals surface area contributed by atoms with Gasteiger partial charge >= 0.3 is 10.2 Å². The van der Waals surface area contributed by atoms with Crippen molar-refractivity contribution in [3.8, 4) is 5.75 Å². The predicted octanol–water partition coefficient (Wildman–Crippen LogP) is 5.57. The van der Waals surface area contributed by atoms with Crippen LogP contribution in [0.4, 0.5) is 10.1 Å². The van der Waals surface area contributed by atoms with Crippen molar-refractivity contribution >= 4 is 21.8 Å². The van der Waals surface area contributed by atoms with Crippen molar-refractivity contribution in [1.82, 2.24) is 9.62 Å². The Kier molecular flexibility index (Phi) is 9.17. The fourth-order valence-corrected chi connectivity index (χ4v) is 5.34. The van der Waals surface area contributed by atoms with E-state index in [2.05, 4.69) is 25.2 Å². The number of nitrogens with zero attached hydrogens (tertiary/aromatic N) is 2. The number of para-hydroxylation sites is 1. The summed E-state index contributed by atoms with van der Waals surface area (Å²) in [5, 5.41) is 3.05. The number of benzene rings is 3. The van der Waals surface area contributed by atoms with Gasteiger partial charge in [-0.3, -0.25) is 9.10 Å². The van der Waals surface area contributed by atoms with E-state index in [4.69, 9.17) is 4.74 Å². The molecule has 0 aliphatic heterocycles. The third-order valence-electron chi connectivity index (χ3n) is 6.46. The molecule has 0 saturated carbocycles. The standard InChI is InChI=1S/C29H36FN3O4S/c1-19(2)24-17-25(20(3)16-28(24)37-7)21(4)31-29(34)23-14-12-22(13-15-23)18-33(38(35,36)32(5)6)27-11-9-8-10-26(27)30/h8-17,19,21H,18H2,1-7H3,(H,31,34)/t21-/m0/s1. The minimum Gasteiger partial charge on any atom is -0.496 e. The van der Waals surface area contributed by atoms with Crippen LogP contribution in [-0.4, -0.2) is 39.8 Å². The second-order valence-electron chi connectivity index (χ2n) is 9.75. The van der Waals surface area contributed by atoms with Gasteiger partial charge in [-0.2, -0.15) is 12.7 Å². The first-order valence-electron chi connectivity index (χ1n) is 12.4. The Morgan fingerprint density at radius 2 is 1.63 bits per heavy atom. The minimum absolute atomic E-state index is 0.0486. The maximum Gasteiger partial charge on any atom is 0.303 e. The number of rotatable bonds is 10. The molecule has 1 amide bonds. The van der Waals surface area contributed by atoms with E-state index >= 15 is 0 Å². The molecule has 0 aliphatic carbocycles. The first-order valence-corrected chi connectivity index (χ1v) is 13.8. The molecule has 3 aromatic rings. The molecule has 0 aliphatic rings. The highest BCUT2D eigenvalue weighted by Gasteiger charge is 2.27. The SMILES string of the molecule is COc1cc(C)c([C@H](C)NC(=O)c2ccc(CN(c3ccccc3F)S(=O)(=O)N(C)C)cc2)cc1C(C)C. The van der Waals surface area contributed by atoms with Crippen LogP contribution in [0.15, 0.2) is 60.7 Å². The van der Waals surface area contributed by atoms with Gasteiger partial charge in [-0.25, -0.2) is 4.39 Å². The summed E-state index contributed by atoms with van der Waals surface area (Å²) in [4.78, 5) is 13.0. The lowest BCUT2D eigenvalue weighted by molar-refractivity contribution is 0.0939. The lowest BCUT2D eigenvalue weighted by Gasteiger charge is -2.27. The average Bonchev–Trinajstić information content (AvgIpc) is 2.87. The number of carbonyl (C=O) groups excluding carboxylic acids is 1. The van der Waals surface area contributed by atoms with Crippen LogP contribution in [0.25, 0.3) is 0 Å². The zero-order valence-electron chi connectivity index (χ0n) is 22.9. The molecule has 0 radical (unpaired) electrons. The van der Waals surface area contributed by atoms with Crippen molar-refractivity contribution in [1.29, 1.82) is 0 Å². The fourth-order valence-electron chi connectivity index (χ4n) is 4.24. The number of nitrogens with one attached hydrogen (secondary N) is 1. The van der Waals surface area contributed by atoms with Gasteiger partial charge in [-0.1, -0.05) is 38.1 Å². The Hall–Kier alpha value is -3.43. The smallest absolute Gasteiger partial charge is 0.303 e. The Balaban J connectivity index is 1.81. The summed E-state index contributed by atoms with van der Waals surface area (Å²) in [6, 6.07) is 16.2. The predicted molar refractivity (Wildman–Crippen MR) is 149 cm³/mol. The quantitative estimate of drug-likeness (QED) is 0.364. The van der Waals surface area contributed by atoms with Gasteiger partial charge < -0.3 is 10.1 Å². The van der Waals surface area contributed by atoms with Gasteiger partial charge in [0.1, 0.15) is 11.6 Å². The summed E-state index contributed by atoms with van der Waals surface area (Å²) in [6.07, 6.45) is 0. The fraction of sp³-hybridized carbons (Fsp3) is 0.345. The lowest BCUT2D eigenvalue weighted by atomic mass is 9.93. The van der Waals surface area contributed by atoms with Crippen LogP contribution in [0.5, 0.6) is 5.75 Å². The van der Waals surface area contributed by atoms with E-state index in [0.717, 1.165) is 31.1 Å². The number of aryl methyl sites for hydroxylation is 1. The van der Waals surface area contributed by atoms with E-state index in [1.807, 2.05) is 19.9 Å². The van der Waals surface area contributed by atoms with Crippen molar-refractivity contribution in [3.05, 3.63) is 94.3 Å². The van der Waals surface area contributed by atoms with Gasteiger partial charge in [0.05, 0.1) is 25.4 Å². The number of halogens is 1. The van der Waals surface area contributed by atoms with Crippen LogP contribution >= 0.6 is 0 Å². The maximum absolute atomic E-state index is 14.5. The summed E-state index contributed by atoms with van der Waals surface area (Å²) in [5.74, 6) is 0.200. The topological polar surface area (TPSA) is 79.0 Å². The third-order valence-corrected chi connectivity index (χ3v) is 8.26. The van der Waals surface area contributed by atoms with Crippen LogP contribution in [0.2, 0.25) is 0 Å². The van der Waals surface area contributed by atoms with Gasteiger partial charge in [0.25, 0.3) is 5.91 Å². The van der Waals surface area contributed by atoms with Crippen LogP contribution in [-0.2, 0) is 16.8 Å². The zero-order valence-corrected chi connectivity index (χ0v) is 23.8. The molecule has 1 atom stereocenters. The molecular formula is C29H36FN3O4S. The van der Waals surface area contributed by atoms with Gasteiger partial charge in [0.15, 0.2) is 0 Å². The molecule has 9 heteroatoms. The summed E-state index contributed by atoms with van der Waals surface area (Å²) < 4.78 is 48.0. The van der Waals surface area contributed by atoms with E-state index in [1.54, 1.807) is 37.4 Å². The van der Waals surface area contributed by atoms with Crippen molar-refractivity contribution in [2.24, 2.45) is 0 Å². The molecule has 0 spiro atoms. The molecule has 0 aromatic heterocycles. The van der Waals surface area contributed by atoms with Crippen molar-refractivity contribution in [2.75, 3.05) is 25.5 Å². The number of methoxy groups -OCH3 is 1. The highest BCUT2D eigenvalue weighted by atomic mass is 32.2. The number of hydrogen-bond acceptors (Lipinski definition) is 4. The van der Waals surface area contributed by atoms with Crippen LogP contribution in [0.1, 0.15) is 65.3 Å². The molecular weight excluding hydrogens is 505 g/mol. The highest BCUT2D eigenvalue weighted by Crippen LogP contribution is 2.32. The normalized spacial score (nSPS) is 12.5. The van der Waals surface area contributed by atoms with E-state index in [1.165, 1.54) is 32.3 Å². The van der Waals surface area contributed by atoms with Gasteiger partial charge in [-0.15, -0.1) is 0 Å². The number of anilines is 1.